The molecule has 0 aliphatic heterocycles. The number of para-hydroxylation sites is 1. The van der Waals surface area contributed by atoms with E-state index in [0.717, 1.165) is 5.69 Å². The molecule has 1 N–H and O–H groups in total. The number of hydrogen-bond acceptors (Lipinski definition) is 1. The third-order valence-electron chi connectivity index (χ3n) is 1.57. The summed E-state index contributed by atoms with van der Waals surface area (Å²) in [6.45, 7) is 11.7. The molecular formula is C14H25NO. The van der Waals surface area contributed by atoms with Crippen LogP contribution >= 0.6 is 0 Å². The van der Waals surface area contributed by atoms with Gasteiger partial charge in [-0.2, -0.15) is 0 Å². The summed E-state index contributed by atoms with van der Waals surface area (Å²) in [5.41, 5.74) is 0.858. The minimum absolute atomic E-state index is 0.0326. The molecule has 2 nitrogen and oxygen atoms in total. The number of amides is 1. The Balaban J connectivity index is 0. The SMILES string of the molecule is CC.CC.CC(C)C(=O)Nc1ccccc1. The van der Waals surface area contributed by atoms with E-state index in [1.54, 1.807) is 0 Å². The second kappa shape index (κ2) is 11.8. The summed E-state index contributed by atoms with van der Waals surface area (Å²) in [6.07, 6.45) is 0. The van der Waals surface area contributed by atoms with Gasteiger partial charge in [0.15, 0.2) is 0 Å². The highest BCUT2D eigenvalue weighted by Gasteiger charge is 2.05. The van der Waals surface area contributed by atoms with Crippen LogP contribution in [-0.2, 0) is 4.79 Å². The zero-order valence-electron chi connectivity index (χ0n) is 11.4. The quantitative estimate of drug-likeness (QED) is 0.794. The molecule has 0 saturated carbocycles. The average molecular weight is 223 g/mol. The third-order valence-corrected chi connectivity index (χ3v) is 1.57. The fraction of sp³-hybridized carbons (Fsp3) is 0.500. The molecule has 0 unspecified atom stereocenters. The van der Waals surface area contributed by atoms with Gasteiger partial charge in [-0.05, 0) is 12.1 Å². The summed E-state index contributed by atoms with van der Waals surface area (Å²) in [6, 6.07) is 9.47. The zero-order valence-corrected chi connectivity index (χ0v) is 11.4. The molecule has 1 rings (SSSR count). The fourth-order valence-corrected chi connectivity index (χ4v) is 0.808. The highest BCUT2D eigenvalue weighted by Crippen LogP contribution is 2.06. The molecule has 1 aromatic carbocycles. The Bertz CT molecular complexity index is 255. The van der Waals surface area contributed by atoms with Gasteiger partial charge in [0.05, 0.1) is 0 Å². The first-order valence-corrected chi connectivity index (χ1v) is 6.06. The van der Waals surface area contributed by atoms with Crippen molar-refractivity contribution in [1.82, 2.24) is 0 Å². The topological polar surface area (TPSA) is 29.1 Å². The summed E-state index contributed by atoms with van der Waals surface area (Å²) >= 11 is 0. The fourth-order valence-electron chi connectivity index (χ4n) is 0.808. The minimum atomic E-state index is 0.0326. The van der Waals surface area contributed by atoms with E-state index in [1.807, 2.05) is 71.9 Å². The van der Waals surface area contributed by atoms with Crippen molar-refractivity contribution in [2.24, 2.45) is 5.92 Å². The number of rotatable bonds is 2. The van der Waals surface area contributed by atoms with Crippen molar-refractivity contribution in [2.75, 3.05) is 5.32 Å². The monoisotopic (exact) mass is 223 g/mol. The Hall–Kier alpha value is -1.31. The van der Waals surface area contributed by atoms with Gasteiger partial charge in [0, 0.05) is 11.6 Å². The Morgan fingerprint density at radius 3 is 1.81 bits per heavy atom. The summed E-state index contributed by atoms with van der Waals surface area (Å²) in [5, 5.41) is 2.80. The number of carbonyl (C=O) groups excluding carboxylic acids is 1. The predicted molar refractivity (Wildman–Crippen MR) is 72.6 cm³/mol. The van der Waals surface area contributed by atoms with E-state index in [9.17, 15) is 4.79 Å². The number of hydrogen-bond donors (Lipinski definition) is 1. The van der Waals surface area contributed by atoms with Gasteiger partial charge in [0.25, 0.3) is 0 Å². The smallest absolute Gasteiger partial charge is 0.226 e. The van der Waals surface area contributed by atoms with E-state index in [-0.39, 0.29) is 11.8 Å². The van der Waals surface area contributed by atoms with Gasteiger partial charge in [0.1, 0.15) is 0 Å². The molecule has 0 spiro atoms. The molecule has 92 valence electrons. The maximum Gasteiger partial charge on any atom is 0.226 e. The van der Waals surface area contributed by atoms with E-state index >= 15 is 0 Å². The van der Waals surface area contributed by atoms with Crippen LogP contribution in [0.15, 0.2) is 30.3 Å². The van der Waals surface area contributed by atoms with Gasteiger partial charge < -0.3 is 5.32 Å². The highest BCUT2D eigenvalue weighted by atomic mass is 16.1. The normalized spacial score (nSPS) is 8.19. The van der Waals surface area contributed by atoms with Crippen molar-refractivity contribution in [3.8, 4) is 0 Å². The van der Waals surface area contributed by atoms with Gasteiger partial charge in [-0.15, -0.1) is 0 Å². The Kier molecular flexibility index (Phi) is 12.6. The number of benzene rings is 1. The van der Waals surface area contributed by atoms with Crippen molar-refractivity contribution in [1.29, 1.82) is 0 Å². The Labute approximate surface area is 100 Å². The van der Waals surface area contributed by atoms with Crippen LogP contribution < -0.4 is 5.32 Å². The van der Waals surface area contributed by atoms with Crippen LogP contribution in [0.5, 0.6) is 0 Å². The van der Waals surface area contributed by atoms with Gasteiger partial charge in [-0.3, -0.25) is 4.79 Å². The van der Waals surface area contributed by atoms with Crippen LogP contribution in [0.3, 0.4) is 0 Å². The van der Waals surface area contributed by atoms with E-state index < -0.39 is 0 Å². The molecule has 0 fully saturated rings. The Morgan fingerprint density at radius 1 is 1.00 bits per heavy atom. The van der Waals surface area contributed by atoms with E-state index in [2.05, 4.69) is 5.32 Å². The highest BCUT2D eigenvalue weighted by molar-refractivity contribution is 5.91. The van der Waals surface area contributed by atoms with Gasteiger partial charge >= 0.3 is 0 Å². The number of carbonyl (C=O) groups is 1. The molecule has 0 saturated heterocycles. The lowest BCUT2D eigenvalue weighted by Gasteiger charge is -2.06. The largest absolute Gasteiger partial charge is 0.326 e. The van der Waals surface area contributed by atoms with Crippen LogP contribution in [-0.4, -0.2) is 5.91 Å². The molecule has 1 aromatic rings. The third kappa shape index (κ3) is 8.04. The molecule has 0 radical (unpaired) electrons. The maximum absolute atomic E-state index is 11.2. The first kappa shape index (κ1) is 17.1. The van der Waals surface area contributed by atoms with Crippen LogP contribution in [0.2, 0.25) is 0 Å². The summed E-state index contributed by atoms with van der Waals surface area (Å²) < 4.78 is 0. The van der Waals surface area contributed by atoms with Crippen molar-refractivity contribution in [2.45, 2.75) is 41.5 Å². The standard InChI is InChI=1S/C10H13NO.2C2H6/c1-8(2)10(12)11-9-6-4-3-5-7-9;2*1-2/h3-8H,1-2H3,(H,11,12);2*1-2H3. The summed E-state index contributed by atoms with van der Waals surface area (Å²) in [4.78, 5) is 11.2. The van der Waals surface area contributed by atoms with Crippen molar-refractivity contribution >= 4 is 11.6 Å². The molecule has 2 heteroatoms. The van der Waals surface area contributed by atoms with Crippen LogP contribution in [0.4, 0.5) is 5.69 Å². The van der Waals surface area contributed by atoms with E-state index in [1.165, 1.54) is 0 Å². The molecule has 0 aliphatic carbocycles. The first-order valence-electron chi connectivity index (χ1n) is 6.06. The molecule has 16 heavy (non-hydrogen) atoms. The lowest BCUT2D eigenvalue weighted by atomic mass is 10.2. The van der Waals surface area contributed by atoms with E-state index in [4.69, 9.17) is 0 Å². The Morgan fingerprint density at radius 2 is 1.44 bits per heavy atom. The first-order chi connectivity index (χ1) is 7.70. The molecular weight excluding hydrogens is 198 g/mol. The zero-order chi connectivity index (χ0) is 13.0. The van der Waals surface area contributed by atoms with Crippen LogP contribution in [0.1, 0.15) is 41.5 Å². The molecule has 0 aromatic heterocycles. The number of nitrogens with one attached hydrogen (secondary N) is 1. The van der Waals surface area contributed by atoms with Crippen molar-refractivity contribution in [3.63, 3.8) is 0 Å². The summed E-state index contributed by atoms with van der Waals surface area (Å²) in [7, 11) is 0. The lowest BCUT2D eigenvalue weighted by Crippen LogP contribution is -2.17. The molecule has 1 amide bonds. The van der Waals surface area contributed by atoms with Crippen molar-refractivity contribution in [3.05, 3.63) is 30.3 Å². The minimum Gasteiger partial charge on any atom is -0.326 e. The molecule has 0 heterocycles. The molecule has 0 aliphatic rings. The van der Waals surface area contributed by atoms with Crippen LogP contribution in [0, 0.1) is 5.92 Å². The maximum atomic E-state index is 11.2. The second-order valence-electron chi connectivity index (χ2n) is 3.01. The molecule has 0 atom stereocenters. The number of anilines is 1. The average Bonchev–Trinajstić information content (AvgIpc) is 2.35. The molecule has 0 bridgehead atoms. The lowest BCUT2D eigenvalue weighted by molar-refractivity contribution is -0.118. The van der Waals surface area contributed by atoms with Crippen molar-refractivity contribution < 1.29 is 4.79 Å². The second-order valence-corrected chi connectivity index (χ2v) is 3.01. The van der Waals surface area contributed by atoms with Gasteiger partial charge in [0.2, 0.25) is 5.91 Å². The van der Waals surface area contributed by atoms with E-state index in [0.29, 0.717) is 0 Å². The van der Waals surface area contributed by atoms with Gasteiger partial charge in [-0.1, -0.05) is 59.7 Å². The summed E-state index contributed by atoms with van der Waals surface area (Å²) in [5.74, 6) is 0.0893. The van der Waals surface area contributed by atoms with Gasteiger partial charge in [-0.25, -0.2) is 0 Å². The van der Waals surface area contributed by atoms with Crippen LogP contribution in [0.25, 0.3) is 0 Å². The predicted octanol–water partition coefficient (Wildman–Crippen LogP) is 4.33.